The number of rotatable bonds is 3. The van der Waals surface area contributed by atoms with Gasteiger partial charge in [-0.15, -0.1) is 6.42 Å². The topological polar surface area (TPSA) is 9.23 Å². The highest BCUT2D eigenvalue weighted by Gasteiger charge is 2.07. The van der Waals surface area contributed by atoms with Crippen LogP contribution in [-0.2, 0) is 6.42 Å². The normalized spacial score (nSPS) is 11.8. The van der Waals surface area contributed by atoms with E-state index in [9.17, 15) is 4.39 Å². The molecule has 1 aromatic rings. The molecule has 1 atom stereocenters. The second kappa shape index (κ2) is 4.51. The highest BCUT2D eigenvalue weighted by Crippen LogP contribution is 2.19. The lowest BCUT2D eigenvalue weighted by molar-refractivity contribution is 0.386. The van der Waals surface area contributed by atoms with Crippen molar-refractivity contribution in [2.45, 2.75) is 12.6 Å². The van der Waals surface area contributed by atoms with E-state index in [-0.39, 0.29) is 6.42 Å². The minimum absolute atomic E-state index is 0.209. The Morgan fingerprint density at radius 1 is 1.54 bits per heavy atom. The first kappa shape index (κ1) is 9.60. The molecule has 1 nitrogen and oxygen atoms in total. The van der Waals surface area contributed by atoms with Crippen molar-refractivity contribution in [3.63, 3.8) is 0 Å². The van der Waals surface area contributed by atoms with E-state index in [1.165, 1.54) is 0 Å². The number of methoxy groups -OCH3 is 1. The van der Waals surface area contributed by atoms with Crippen LogP contribution in [0.5, 0.6) is 5.75 Å². The van der Waals surface area contributed by atoms with Crippen LogP contribution in [0, 0.1) is 12.3 Å². The summed E-state index contributed by atoms with van der Waals surface area (Å²) in [5, 5.41) is 0. The third kappa shape index (κ3) is 2.48. The Balaban J connectivity index is 2.82. The molecule has 0 spiro atoms. The summed E-state index contributed by atoms with van der Waals surface area (Å²) in [4.78, 5) is 0. The Kier molecular flexibility index (Phi) is 3.33. The minimum Gasteiger partial charge on any atom is -0.496 e. The van der Waals surface area contributed by atoms with Gasteiger partial charge in [-0.1, -0.05) is 24.1 Å². The van der Waals surface area contributed by atoms with E-state index >= 15 is 0 Å². The van der Waals surface area contributed by atoms with Crippen molar-refractivity contribution in [2.75, 3.05) is 7.11 Å². The first-order valence-electron chi connectivity index (χ1n) is 4.00. The van der Waals surface area contributed by atoms with E-state index < -0.39 is 6.17 Å². The quantitative estimate of drug-likeness (QED) is 0.645. The van der Waals surface area contributed by atoms with Gasteiger partial charge in [-0.3, -0.25) is 0 Å². The van der Waals surface area contributed by atoms with E-state index in [2.05, 4.69) is 0 Å². The molecule has 0 heterocycles. The van der Waals surface area contributed by atoms with Gasteiger partial charge >= 0.3 is 0 Å². The Hall–Kier alpha value is -1.49. The lowest BCUT2D eigenvalue weighted by Gasteiger charge is -2.07. The second-order valence-corrected chi connectivity index (χ2v) is 2.65. The van der Waals surface area contributed by atoms with Crippen LogP contribution >= 0.6 is 0 Å². The molecular formula is C11H11FO. The average Bonchev–Trinajstić information content (AvgIpc) is 2.18. The minimum atomic E-state index is -1.24. The second-order valence-electron chi connectivity index (χ2n) is 2.65. The zero-order valence-electron chi connectivity index (χ0n) is 7.46. The summed E-state index contributed by atoms with van der Waals surface area (Å²) in [6.45, 7) is 0. The molecule has 2 heteroatoms. The van der Waals surface area contributed by atoms with Crippen molar-refractivity contribution in [2.24, 2.45) is 0 Å². The van der Waals surface area contributed by atoms with Crippen LogP contribution in [0.1, 0.15) is 5.56 Å². The fourth-order valence-electron chi connectivity index (χ4n) is 1.12. The molecule has 68 valence electrons. The van der Waals surface area contributed by atoms with Crippen molar-refractivity contribution >= 4 is 0 Å². The summed E-state index contributed by atoms with van der Waals surface area (Å²) in [6.07, 6.45) is 3.91. The fraction of sp³-hybridized carbons (Fsp3) is 0.273. The Morgan fingerprint density at radius 3 is 2.85 bits per heavy atom. The van der Waals surface area contributed by atoms with Crippen molar-refractivity contribution in [1.29, 1.82) is 0 Å². The summed E-state index contributed by atoms with van der Waals surface area (Å²) in [7, 11) is 1.56. The van der Waals surface area contributed by atoms with Crippen LogP contribution in [0.4, 0.5) is 4.39 Å². The van der Waals surface area contributed by atoms with E-state index in [4.69, 9.17) is 11.2 Å². The third-order valence-corrected chi connectivity index (χ3v) is 1.77. The van der Waals surface area contributed by atoms with Gasteiger partial charge in [0.15, 0.2) is 6.17 Å². The fourth-order valence-corrected chi connectivity index (χ4v) is 1.12. The molecule has 1 rings (SSSR count). The predicted molar refractivity (Wildman–Crippen MR) is 50.4 cm³/mol. The first-order valence-corrected chi connectivity index (χ1v) is 4.00. The zero-order valence-corrected chi connectivity index (χ0v) is 7.46. The van der Waals surface area contributed by atoms with Crippen molar-refractivity contribution in [1.82, 2.24) is 0 Å². The van der Waals surface area contributed by atoms with Crippen LogP contribution in [0.25, 0.3) is 0 Å². The van der Waals surface area contributed by atoms with E-state index in [0.717, 1.165) is 5.56 Å². The Bertz CT molecular complexity index is 314. The molecule has 0 unspecified atom stereocenters. The number of alkyl halides is 1. The smallest absolute Gasteiger partial charge is 0.164 e. The summed E-state index contributed by atoms with van der Waals surface area (Å²) >= 11 is 0. The molecule has 0 bridgehead atoms. The highest BCUT2D eigenvalue weighted by molar-refractivity contribution is 5.34. The molecule has 0 aliphatic heterocycles. The summed E-state index contributed by atoms with van der Waals surface area (Å²) in [5.74, 6) is 2.72. The largest absolute Gasteiger partial charge is 0.496 e. The summed E-state index contributed by atoms with van der Waals surface area (Å²) in [6, 6.07) is 7.27. The number of ether oxygens (including phenoxy) is 1. The molecule has 0 aromatic heterocycles. The first-order chi connectivity index (χ1) is 6.27. The number of halogens is 1. The van der Waals surface area contributed by atoms with Gasteiger partial charge in [0, 0.05) is 6.42 Å². The highest BCUT2D eigenvalue weighted by atomic mass is 19.1. The van der Waals surface area contributed by atoms with E-state index in [1.54, 1.807) is 13.2 Å². The number of para-hydroxylation sites is 1. The monoisotopic (exact) mass is 178 g/mol. The van der Waals surface area contributed by atoms with Gasteiger partial charge in [0.05, 0.1) is 7.11 Å². The van der Waals surface area contributed by atoms with Crippen LogP contribution in [-0.4, -0.2) is 13.3 Å². The van der Waals surface area contributed by atoms with E-state index in [0.29, 0.717) is 5.75 Å². The number of benzene rings is 1. The van der Waals surface area contributed by atoms with Gasteiger partial charge in [0.1, 0.15) is 5.75 Å². The van der Waals surface area contributed by atoms with Crippen LogP contribution in [0.3, 0.4) is 0 Å². The van der Waals surface area contributed by atoms with Crippen LogP contribution < -0.4 is 4.74 Å². The average molecular weight is 178 g/mol. The zero-order chi connectivity index (χ0) is 9.68. The number of hydrogen-bond donors (Lipinski definition) is 0. The molecule has 1 aromatic carbocycles. The van der Waals surface area contributed by atoms with Crippen molar-refractivity contribution in [3.05, 3.63) is 29.8 Å². The molecule has 0 aliphatic rings. The number of terminal acetylenes is 1. The van der Waals surface area contributed by atoms with Crippen LogP contribution in [0.2, 0.25) is 0 Å². The summed E-state index contributed by atoms with van der Waals surface area (Å²) in [5.41, 5.74) is 0.801. The van der Waals surface area contributed by atoms with Crippen LogP contribution in [0.15, 0.2) is 24.3 Å². The molecule has 13 heavy (non-hydrogen) atoms. The molecule has 0 radical (unpaired) electrons. The molecule has 0 saturated heterocycles. The van der Waals surface area contributed by atoms with Gasteiger partial charge in [0.2, 0.25) is 0 Å². The molecule has 0 saturated carbocycles. The SMILES string of the molecule is C#C[C@@H](F)Cc1ccccc1OC. The third-order valence-electron chi connectivity index (χ3n) is 1.77. The van der Waals surface area contributed by atoms with Gasteiger partial charge in [-0.2, -0.15) is 0 Å². The summed E-state index contributed by atoms with van der Waals surface area (Å²) < 4.78 is 17.9. The standard InChI is InChI=1S/C11H11FO/c1-3-10(12)8-9-6-4-5-7-11(9)13-2/h1,4-7,10H,8H2,2H3/t10-/m1/s1. The molecule has 0 fully saturated rings. The van der Waals surface area contributed by atoms with Gasteiger partial charge in [-0.05, 0) is 11.6 Å². The van der Waals surface area contributed by atoms with Gasteiger partial charge in [-0.25, -0.2) is 4.39 Å². The maximum atomic E-state index is 12.8. The molecular weight excluding hydrogens is 167 g/mol. The lowest BCUT2D eigenvalue weighted by atomic mass is 10.1. The maximum Gasteiger partial charge on any atom is 0.164 e. The predicted octanol–water partition coefficient (Wildman–Crippen LogP) is 2.21. The molecule has 0 aliphatic carbocycles. The lowest BCUT2D eigenvalue weighted by Crippen LogP contribution is -2.02. The van der Waals surface area contributed by atoms with E-state index in [1.807, 2.05) is 24.1 Å². The van der Waals surface area contributed by atoms with Gasteiger partial charge in [0.25, 0.3) is 0 Å². The van der Waals surface area contributed by atoms with Crippen molar-refractivity contribution < 1.29 is 9.13 Å². The number of hydrogen-bond acceptors (Lipinski definition) is 1. The van der Waals surface area contributed by atoms with Crippen molar-refractivity contribution in [3.8, 4) is 18.1 Å². The molecule has 0 amide bonds. The Morgan fingerprint density at radius 2 is 2.23 bits per heavy atom. The Labute approximate surface area is 77.5 Å². The molecule has 0 N–H and O–H groups in total. The van der Waals surface area contributed by atoms with Gasteiger partial charge < -0.3 is 4.74 Å². The maximum absolute atomic E-state index is 12.8.